The van der Waals surface area contributed by atoms with E-state index in [0.29, 0.717) is 11.5 Å². The summed E-state index contributed by atoms with van der Waals surface area (Å²) >= 11 is 0. The third-order valence-electron chi connectivity index (χ3n) is 5.16. The Labute approximate surface area is 162 Å². The molecule has 1 aliphatic heterocycles. The lowest BCUT2D eigenvalue weighted by molar-refractivity contribution is -0.125. The topological polar surface area (TPSA) is 52.5 Å². The zero-order chi connectivity index (χ0) is 19.1. The second-order valence-electron chi connectivity index (χ2n) is 6.85. The summed E-state index contributed by atoms with van der Waals surface area (Å²) in [5.41, 5.74) is 3.11. The number of anilines is 1. The maximum absolute atomic E-state index is 12.7. The van der Waals surface area contributed by atoms with Crippen molar-refractivity contribution in [2.24, 2.45) is 0 Å². The number of ether oxygens (including phenoxy) is 2. The van der Waals surface area contributed by atoms with Gasteiger partial charge < -0.3 is 19.4 Å². The summed E-state index contributed by atoms with van der Waals surface area (Å²) in [5.74, 6) is 1.05. The van der Waals surface area contributed by atoms with E-state index in [1.165, 1.54) is 10.9 Å². The van der Waals surface area contributed by atoms with Gasteiger partial charge in [0.25, 0.3) is 5.91 Å². The molecule has 0 aliphatic carbocycles. The Morgan fingerprint density at radius 3 is 2.61 bits per heavy atom. The van der Waals surface area contributed by atoms with Crippen LogP contribution in [0.5, 0.6) is 11.5 Å². The third kappa shape index (κ3) is 2.67. The molecule has 1 amide bonds. The number of para-hydroxylation sites is 3. The van der Waals surface area contributed by atoms with Crippen molar-refractivity contribution in [3.63, 3.8) is 0 Å². The minimum atomic E-state index is -0.678. The van der Waals surface area contributed by atoms with Gasteiger partial charge in [0.05, 0.1) is 0 Å². The number of hydrogen-bond donors (Lipinski definition) is 1. The molecule has 5 heteroatoms. The van der Waals surface area contributed by atoms with Gasteiger partial charge in [-0.05, 0) is 43.3 Å². The molecule has 3 aromatic carbocycles. The van der Waals surface area contributed by atoms with Gasteiger partial charge in [0.2, 0.25) is 6.10 Å². The van der Waals surface area contributed by atoms with Crippen LogP contribution in [0.2, 0.25) is 0 Å². The maximum Gasteiger partial charge on any atom is 0.269 e. The van der Waals surface area contributed by atoms with Crippen molar-refractivity contribution < 1.29 is 14.3 Å². The highest BCUT2D eigenvalue weighted by Crippen LogP contribution is 2.33. The van der Waals surface area contributed by atoms with E-state index in [1.54, 1.807) is 6.07 Å². The van der Waals surface area contributed by atoms with Crippen molar-refractivity contribution in [3.05, 3.63) is 66.7 Å². The number of fused-ring (bicyclic) bond motifs is 4. The number of nitrogens with one attached hydrogen (secondary N) is 1. The van der Waals surface area contributed by atoms with E-state index < -0.39 is 6.10 Å². The van der Waals surface area contributed by atoms with Crippen LogP contribution in [0.1, 0.15) is 6.92 Å². The van der Waals surface area contributed by atoms with Gasteiger partial charge in [-0.2, -0.15) is 0 Å². The van der Waals surface area contributed by atoms with Crippen LogP contribution in [0.4, 0.5) is 5.69 Å². The van der Waals surface area contributed by atoms with E-state index in [0.717, 1.165) is 23.1 Å². The molecule has 0 saturated heterocycles. The molecule has 1 N–H and O–H groups in total. The SMILES string of the molecule is CCn1c2ccccc2c2cc(NC(=O)[C@H]3COc4ccccc4O3)ccc21. The molecule has 5 rings (SSSR count). The van der Waals surface area contributed by atoms with Crippen LogP contribution in [0.15, 0.2) is 66.7 Å². The predicted octanol–water partition coefficient (Wildman–Crippen LogP) is 4.59. The molecule has 1 aliphatic rings. The average Bonchev–Trinajstić information content (AvgIpc) is 3.06. The van der Waals surface area contributed by atoms with Crippen LogP contribution < -0.4 is 14.8 Å². The summed E-state index contributed by atoms with van der Waals surface area (Å²) in [6.07, 6.45) is -0.678. The Bertz CT molecular complexity index is 1200. The lowest BCUT2D eigenvalue weighted by atomic mass is 10.1. The standard InChI is InChI=1S/C23H20N2O3/c1-2-25-18-8-4-3-7-16(18)17-13-15(11-12-19(17)25)24-23(26)22-14-27-20-9-5-6-10-21(20)28-22/h3-13,22H,2,14H2,1H3,(H,24,26)/t22-/m1/s1. The lowest BCUT2D eigenvalue weighted by Gasteiger charge is -2.25. The Kier molecular flexibility index (Phi) is 3.93. The van der Waals surface area contributed by atoms with E-state index in [2.05, 4.69) is 35.0 Å². The van der Waals surface area contributed by atoms with Gasteiger partial charge in [-0.25, -0.2) is 0 Å². The van der Waals surface area contributed by atoms with E-state index in [1.807, 2.05) is 42.5 Å². The summed E-state index contributed by atoms with van der Waals surface area (Å²) < 4.78 is 13.7. The van der Waals surface area contributed by atoms with Crippen molar-refractivity contribution in [1.82, 2.24) is 4.57 Å². The van der Waals surface area contributed by atoms with Gasteiger partial charge in [-0.1, -0.05) is 30.3 Å². The molecule has 0 saturated carbocycles. The Hall–Kier alpha value is -3.47. The minimum absolute atomic E-state index is 0.195. The van der Waals surface area contributed by atoms with Gasteiger partial charge in [-0.15, -0.1) is 0 Å². The monoisotopic (exact) mass is 372 g/mol. The zero-order valence-electron chi connectivity index (χ0n) is 15.5. The van der Waals surface area contributed by atoms with Gasteiger partial charge in [-0.3, -0.25) is 4.79 Å². The quantitative estimate of drug-likeness (QED) is 0.572. The molecule has 1 aromatic heterocycles. The molecule has 5 nitrogen and oxygen atoms in total. The number of hydrogen-bond acceptors (Lipinski definition) is 3. The molecule has 0 radical (unpaired) electrons. The molecule has 28 heavy (non-hydrogen) atoms. The summed E-state index contributed by atoms with van der Waals surface area (Å²) in [7, 11) is 0. The fourth-order valence-corrected chi connectivity index (χ4v) is 3.84. The third-order valence-corrected chi connectivity index (χ3v) is 5.16. The largest absolute Gasteiger partial charge is 0.485 e. The highest BCUT2D eigenvalue weighted by molar-refractivity contribution is 6.10. The molecule has 4 aromatic rings. The molecular formula is C23H20N2O3. The number of nitrogens with zero attached hydrogens (tertiary/aromatic N) is 1. The van der Waals surface area contributed by atoms with Crippen molar-refractivity contribution in [2.75, 3.05) is 11.9 Å². The van der Waals surface area contributed by atoms with Gasteiger partial charge in [0.1, 0.15) is 6.61 Å². The van der Waals surface area contributed by atoms with Crippen LogP contribution in [0.25, 0.3) is 21.8 Å². The normalized spacial score (nSPS) is 15.7. The van der Waals surface area contributed by atoms with Crippen molar-refractivity contribution >= 4 is 33.4 Å². The fraction of sp³-hybridized carbons (Fsp3) is 0.174. The van der Waals surface area contributed by atoms with E-state index >= 15 is 0 Å². The first-order chi connectivity index (χ1) is 13.7. The number of aryl methyl sites for hydroxylation is 1. The zero-order valence-corrected chi connectivity index (χ0v) is 15.5. The van der Waals surface area contributed by atoms with Crippen molar-refractivity contribution in [1.29, 1.82) is 0 Å². The fourth-order valence-electron chi connectivity index (χ4n) is 3.84. The Balaban J connectivity index is 1.44. The number of benzene rings is 3. The van der Waals surface area contributed by atoms with Gasteiger partial charge >= 0.3 is 0 Å². The molecular weight excluding hydrogens is 352 g/mol. The number of carbonyl (C=O) groups excluding carboxylic acids is 1. The molecule has 0 bridgehead atoms. The molecule has 0 unspecified atom stereocenters. The minimum Gasteiger partial charge on any atom is -0.485 e. The van der Waals surface area contributed by atoms with Gasteiger partial charge in [0.15, 0.2) is 11.5 Å². The summed E-state index contributed by atoms with van der Waals surface area (Å²) in [6.45, 7) is 3.22. The summed E-state index contributed by atoms with van der Waals surface area (Å²) in [4.78, 5) is 12.7. The summed E-state index contributed by atoms with van der Waals surface area (Å²) in [6, 6.07) is 21.7. The first-order valence-electron chi connectivity index (χ1n) is 9.45. The number of rotatable bonds is 3. The highest BCUT2D eigenvalue weighted by atomic mass is 16.6. The smallest absolute Gasteiger partial charge is 0.269 e. The van der Waals surface area contributed by atoms with Gasteiger partial charge in [0, 0.05) is 34.0 Å². The molecule has 2 heterocycles. The van der Waals surface area contributed by atoms with Crippen LogP contribution in [0.3, 0.4) is 0 Å². The number of amides is 1. The first kappa shape index (κ1) is 16.7. The van der Waals surface area contributed by atoms with E-state index in [-0.39, 0.29) is 12.5 Å². The first-order valence-corrected chi connectivity index (χ1v) is 9.45. The lowest BCUT2D eigenvalue weighted by Crippen LogP contribution is -2.40. The van der Waals surface area contributed by atoms with E-state index in [4.69, 9.17) is 9.47 Å². The van der Waals surface area contributed by atoms with Crippen molar-refractivity contribution in [2.45, 2.75) is 19.6 Å². The number of carbonyl (C=O) groups is 1. The maximum atomic E-state index is 12.7. The van der Waals surface area contributed by atoms with Crippen LogP contribution in [-0.2, 0) is 11.3 Å². The van der Waals surface area contributed by atoms with Crippen molar-refractivity contribution in [3.8, 4) is 11.5 Å². The van der Waals surface area contributed by atoms with E-state index in [9.17, 15) is 4.79 Å². The molecule has 0 fully saturated rings. The molecule has 0 spiro atoms. The molecule has 1 atom stereocenters. The Morgan fingerprint density at radius 1 is 1.00 bits per heavy atom. The number of aromatic nitrogens is 1. The van der Waals surface area contributed by atoms with Crippen LogP contribution in [0, 0.1) is 0 Å². The predicted molar refractivity (Wildman–Crippen MR) is 110 cm³/mol. The average molecular weight is 372 g/mol. The Morgan fingerprint density at radius 2 is 1.75 bits per heavy atom. The second-order valence-corrected chi connectivity index (χ2v) is 6.85. The van der Waals surface area contributed by atoms with Crippen LogP contribution in [-0.4, -0.2) is 23.2 Å². The summed E-state index contributed by atoms with van der Waals surface area (Å²) in [5, 5.41) is 5.28. The highest BCUT2D eigenvalue weighted by Gasteiger charge is 2.27. The molecule has 140 valence electrons. The second kappa shape index (κ2) is 6.60. The van der Waals surface area contributed by atoms with Crippen LogP contribution >= 0.6 is 0 Å².